The van der Waals surface area contributed by atoms with Crippen LogP contribution in [0.25, 0.3) is 0 Å². The van der Waals surface area contributed by atoms with E-state index in [0.717, 1.165) is 0 Å². The lowest BCUT2D eigenvalue weighted by Crippen LogP contribution is -2.58. The number of aliphatic hydroxyl groups is 4. The molecule has 0 aromatic carbocycles. The van der Waals surface area contributed by atoms with E-state index in [1.165, 1.54) is 0 Å². The molecule has 1 aliphatic rings. The molecule has 15 heavy (non-hydrogen) atoms. The Morgan fingerprint density at radius 1 is 1.20 bits per heavy atom. The highest BCUT2D eigenvalue weighted by atomic mass is 31.1. The minimum Gasteiger partial charge on any atom is -0.394 e. The van der Waals surface area contributed by atoms with Crippen LogP contribution in [0.2, 0.25) is 0 Å². The predicted molar refractivity (Wildman–Crippen MR) is 46.1 cm³/mol. The summed E-state index contributed by atoms with van der Waals surface area (Å²) in [5, 5.41) is 36.6. The number of ether oxygens (including phenoxy) is 1. The fourth-order valence-electron chi connectivity index (χ4n) is 1.26. The zero-order valence-electron chi connectivity index (χ0n) is 7.55. The lowest BCUT2D eigenvalue weighted by atomic mass is 10.00. The molecule has 1 heterocycles. The highest BCUT2D eigenvalue weighted by molar-refractivity contribution is 7.32. The zero-order valence-corrected chi connectivity index (χ0v) is 8.55. The normalized spacial score (nSPS) is 43.9. The molecular weight excluding hydrogens is 231 g/mol. The molecule has 2 unspecified atom stereocenters. The van der Waals surface area contributed by atoms with Gasteiger partial charge in [0.15, 0.2) is 6.29 Å². The lowest BCUT2D eigenvalue weighted by Gasteiger charge is -2.38. The molecule has 0 amide bonds. The number of hydrogen-bond donors (Lipinski definition) is 5. The third-order valence-electron chi connectivity index (χ3n) is 2.07. The van der Waals surface area contributed by atoms with Crippen LogP contribution < -0.4 is 0 Å². The molecule has 1 saturated heterocycles. The maximum absolute atomic E-state index is 10.4. The number of rotatable bonds is 3. The Morgan fingerprint density at radius 2 is 1.80 bits per heavy atom. The summed E-state index contributed by atoms with van der Waals surface area (Å²) >= 11 is 0. The first-order valence-corrected chi connectivity index (χ1v) is 5.44. The van der Waals surface area contributed by atoms with Gasteiger partial charge >= 0.3 is 8.25 Å². The molecule has 5 N–H and O–H groups in total. The molecule has 0 aliphatic carbocycles. The second-order valence-electron chi connectivity index (χ2n) is 3.08. The summed E-state index contributed by atoms with van der Waals surface area (Å²) in [5.41, 5.74) is 0. The van der Waals surface area contributed by atoms with Crippen LogP contribution in [0.1, 0.15) is 0 Å². The number of hydrogen-bond acceptors (Lipinski definition) is 7. The van der Waals surface area contributed by atoms with Gasteiger partial charge in [-0.25, -0.2) is 0 Å². The van der Waals surface area contributed by atoms with E-state index in [1.54, 1.807) is 0 Å². The Labute approximate surface area is 85.6 Å². The molecule has 0 aromatic heterocycles. The lowest BCUT2D eigenvalue weighted by molar-refractivity contribution is -0.277. The van der Waals surface area contributed by atoms with Gasteiger partial charge in [-0.15, -0.1) is 0 Å². The van der Waals surface area contributed by atoms with Gasteiger partial charge < -0.3 is 30.1 Å². The van der Waals surface area contributed by atoms with Gasteiger partial charge in [-0.05, 0) is 0 Å². The van der Waals surface area contributed by atoms with Crippen LogP contribution in [-0.2, 0) is 13.8 Å². The second-order valence-corrected chi connectivity index (χ2v) is 3.85. The van der Waals surface area contributed by atoms with E-state index in [1.807, 2.05) is 0 Å². The topological polar surface area (TPSA) is 137 Å². The molecule has 0 aromatic rings. The molecule has 0 spiro atoms. The molecule has 6 atom stereocenters. The minimum atomic E-state index is -3.35. The summed E-state index contributed by atoms with van der Waals surface area (Å²) < 4.78 is 19.4. The quantitative estimate of drug-likeness (QED) is 0.335. The van der Waals surface area contributed by atoms with Gasteiger partial charge in [0.05, 0.1) is 6.61 Å². The summed E-state index contributed by atoms with van der Waals surface area (Å²) in [6.45, 7) is -0.614. The Bertz CT molecular complexity index is 233. The van der Waals surface area contributed by atoms with Gasteiger partial charge in [-0.2, -0.15) is 0 Å². The first-order valence-electron chi connectivity index (χ1n) is 4.17. The largest absolute Gasteiger partial charge is 0.394 e. The van der Waals surface area contributed by atoms with Crippen molar-refractivity contribution in [3.8, 4) is 0 Å². The van der Waals surface area contributed by atoms with E-state index in [2.05, 4.69) is 4.52 Å². The third-order valence-corrected chi connectivity index (χ3v) is 2.50. The van der Waals surface area contributed by atoms with Gasteiger partial charge in [-0.3, -0.25) is 9.09 Å². The summed E-state index contributed by atoms with van der Waals surface area (Å²) in [4.78, 5) is 8.46. The van der Waals surface area contributed by atoms with Crippen molar-refractivity contribution in [1.82, 2.24) is 0 Å². The average molecular weight is 244 g/mol. The molecular formula is C6H13O8P. The minimum absolute atomic E-state index is 0.614. The van der Waals surface area contributed by atoms with Crippen molar-refractivity contribution in [1.29, 1.82) is 0 Å². The van der Waals surface area contributed by atoms with Crippen molar-refractivity contribution in [2.75, 3.05) is 6.61 Å². The predicted octanol–water partition coefficient (Wildman–Crippen LogP) is -2.82. The Balaban J connectivity index is 2.69. The fourth-order valence-corrected chi connectivity index (χ4v) is 1.66. The highest BCUT2D eigenvalue weighted by Crippen LogP contribution is 2.28. The maximum atomic E-state index is 10.4. The average Bonchev–Trinajstić information content (AvgIpc) is 2.18. The smallest absolute Gasteiger partial charge is 0.318 e. The molecule has 1 rings (SSSR count). The van der Waals surface area contributed by atoms with Crippen LogP contribution in [0.4, 0.5) is 0 Å². The standard InChI is InChI=1S/C6H13O8P/c7-1-2-3(8)4(9)5(10)6(13-2)14-15(11)12/h2-10,15H,1H2,(H,11,12)/t2-,3+,4+,5-,6?/m1/s1. The van der Waals surface area contributed by atoms with Gasteiger partial charge in [0.2, 0.25) is 0 Å². The summed E-state index contributed by atoms with van der Waals surface area (Å²) in [7, 11) is -3.35. The first kappa shape index (κ1) is 13.0. The van der Waals surface area contributed by atoms with E-state index in [4.69, 9.17) is 14.7 Å². The van der Waals surface area contributed by atoms with E-state index in [-0.39, 0.29) is 0 Å². The molecule has 1 aliphatic heterocycles. The van der Waals surface area contributed by atoms with E-state index < -0.39 is 45.6 Å². The van der Waals surface area contributed by atoms with Crippen LogP contribution in [0, 0.1) is 0 Å². The summed E-state index contributed by atoms with van der Waals surface area (Å²) in [6, 6.07) is 0. The second kappa shape index (κ2) is 5.33. The van der Waals surface area contributed by atoms with Crippen molar-refractivity contribution in [3.05, 3.63) is 0 Å². The van der Waals surface area contributed by atoms with E-state index in [0.29, 0.717) is 0 Å². The Morgan fingerprint density at radius 3 is 2.27 bits per heavy atom. The molecule has 0 bridgehead atoms. The molecule has 0 radical (unpaired) electrons. The van der Waals surface area contributed by atoms with Gasteiger partial charge in [0.1, 0.15) is 24.4 Å². The first-order chi connectivity index (χ1) is 6.97. The SMILES string of the molecule is O=[PH](O)OC1O[C@H](CO)[C@H](O)[C@H](O)[C@H]1O. The molecule has 0 saturated carbocycles. The molecule has 90 valence electrons. The van der Waals surface area contributed by atoms with Crippen LogP contribution in [-0.4, -0.2) is 62.6 Å². The van der Waals surface area contributed by atoms with E-state index >= 15 is 0 Å². The van der Waals surface area contributed by atoms with Crippen LogP contribution in [0.15, 0.2) is 0 Å². The zero-order chi connectivity index (χ0) is 11.6. The van der Waals surface area contributed by atoms with Gasteiger partial charge in [0.25, 0.3) is 0 Å². The van der Waals surface area contributed by atoms with Crippen molar-refractivity contribution in [3.63, 3.8) is 0 Å². The van der Waals surface area contributed by atoms with Crippen LogP contribution >= 0.6 is 8.25 Å². The Kier molecular flexibility index (Phi) is 4.63. The van der Waals surface area contributed by atoms with Crippen LogP contribution in [0.5, 0.6) is 0 Å². The highest BCUT2D eigenvalue weighted by Gasteiger charge is 2.44. The van der Waals surface area contributed by atoms with E-state index in [9.17, 15) is 19.9 Å². The molecule has 8 nitrogen and oxygen atoms in total. The number of aliphatic hydroxyl groups excluding tert-OH is 4. The van der Waals surface area contributed by atoms with Crippen molar-refractivity contribution < 1.29 is 39.1 Å². The third kappa shape index (κ3) is 2.96. The fraction of sp³-hybridized carbons (Fsp3) is 1.00. The van der Waals surface area contributed by atoms with Crippen molar-refractivity contribution in [2.24, 2.45) is 0 Å². The van der Waals surface area contributed by atoms with Crippen molar-refractivity contribution >= 4 is 8.25 Å². The van der Waals surface area contributed by atoms with Gasteiger partial charge in [0, 0.05) is 0 Å². The Hall–Kier alpha value is -0.0500. The molecule has 9 heteroatoms. The maximum Gasteiger partial charge on any atom is 0.318 e. The monoisotopic (exact) mass is 244 g/mol. The van der Waals surface area contributed by atoms with Gasteiger partial charge in [-0.1, -0.05) is 0 Å². The van der Waals surface area contributed by atoms with Crippen LogP contribution in [0.3, 0.4) is 0 Å². The molecule has 1 fully saturated rings. The van der Waals surface area contributed by atoms with Crippen molar-refractivity contribution in [2.45, 2.75) is 30.7 Å². The summed E-state index contributed by atoms with van der Waals surface area (Å²) in [5.74, 6) is 0. The summed E-state index contributed by atoms with van der Waals surface area (Å²) in [6.07, 6.45) is -7.45.